The van der Waals surface area contributed by atoms with Crippen molar-refractivity contribution in [2.24, 2.45) is 0 Å². The summed E-state index contributed by atoms with van der Waals surface area (Å²) in [7, 11) is 0. The number of benzene rings is 1. The normalized spacial score (nSPS) is 23.1. The lowest BCUT2D eigenvalue weighted by molar-refractivity contribution is -0.137. The molecule has 0 aromatic heterocycles. The number of hydrogen-bond acceptors (Lipinski definition) is 4. The second-order valence-electron chi connectivity index (χ2n) is 6.51. The smallest absolute Gasteiger partial charge is 0.394 e. The number of aliphatic hydroxyl groups excluding tert-OH is 1. The minimum absolute atomic E-state index is 0.0587. The predicted molar refractivity (Wildman–Crippen MR) is 87.8 cm³/mol. The van der Waals surface area contributed by atoms with E-state index in [9.17, 15) is 27.9 Å². The third-order valence-corrected chi connectivity index (χ3v) is 4.42. The van der Waals surface area contributed by atoms with Crippen molar-refractivity contribution in [3.8, 4) is 0 Å². The first-order valence-electron chi connectivity index (χ1n) is 8.25. The van der Waals surface area contributed by atoms with Gasteiger partial charge in [-0.3, -0.25) is 14.9 Å². The van der Waals surface area contributed by atoms with Crippen LogP contribution in [0.4, 0.5) is 13.2 Å². The maximum absolute atomic E-state index is 12.7. The fraction of sp³-hybridized carbons (Fsp3) is 0.529. The summed E-state index contributed by atoms with van der Waals surface area (Å²) in [5, 5.41) is 18.0. The molecular formula is C17H22F3N3O3. The Labute approximate surface area is 149 Å². The molecule has 2 rings (SSSR count). The summed E-state index contributed by atoms with van der Waals surface area (Å²) in [5.41, 5.74) is -1.77. The molecular weight excluding hydrogens is 351 g/mol. The molecule has 0 saturated carbocycles. The maximum atomic E-state index is 12.7. The van der Waals surface area contributed by atoms with Crippen molar-refractivity contribution in [3.05, 3.63) is 35.4 Å². The second kappa shape index (κ2) is 7.63. The number of carbonyl (C=O) groups is 2. The summed E-state index contributed by atoms with van der Waals surface area (Å²) in [5.74, 6) is -0.772. The Morgan fingerprint density at radius 2 is 1.85 bits per heavy atom. The van der Waals surface area contributed by atoms with Crippen LogP contribution in [0.1, 0.15) is 37.8 Å². The zero-order valence-electron chi connectivity index (χ0n) is 14.5. The van der Waals surface area contributed by atoms with E-state index in [1.54, 1.807) is 0 Å². The molecule has 1 fully saturated rings. The van der Waals surface area contributed by atoms with E-state index in [2.05, 4.69) is 16.0 Å². The molecule has 1 aliphatic rings. The summed E-state index contributed by atoms with van der Waals surface area (Å²) in [4.78, 5) is 24.2. The highest BCUT2D eigenvalue weighted by molar-refractivity contribution is 5.90. The molecule has 9 heteroatoms. The van der Waals surface area contributed by atoms with Crippen molar-refractivity contribution < 1.29 is 27.9 Å². The van der Waals surface area contributed by atoms with Gasteiger partial charge in [0.05, 0.1) is 36.3 Å². The van der Waals surface area contributed by atoms with Gasteiger partial charge in [0, 0.05) is 0 Å². The monoisotopic (exact) mass is 373 g/mol. The number of rotatable bonds is 5. The van der Waals surface area contributed by atoms with Crippen LogP contribution in [0, 0.1) is 0 Å². The first kappa shape index (κ1) is 20.2. The van der Waals surface area contributed by atoms with E-state index in [0.29, 0.717) is 12.0 Å². The fourth-order valence-corrected chi connectivity index (χ4v) is 2.76. The molecule has 0 aliphatic carbocycles. The largest absolute Gasteiger partial charge is 0.416 e. The number of aliphatic hydroxyl groups is 1. The lowest BCUT2D eigenvalue weighted by atomic mass is 9.91. The lowest BCUT2D eigenvalue weighted by Crippen LogP contribution is -2.62. The van der Waals surface area contributed by atoms with Gasteiger partial charge in [0.1, 0.15) is 0 Å². The van der Waals surface area contributed by atoms with E-state index in [1.165, 1.54) is 19.1 Å². The lowest BCUT2D eigenvalue weighted by Gasteiger charge is -2.35. The number of amides is 2. The molecule has 6 nitrogen and oxygen atoms in total. The highest BCUT2D eigenvalue weighted by atomic mass is 19.4. The van der Waals surface area contributed by atoms with Crippen molar-refractivity contribution in [3.63, 3.8) is 0 Å². The molecule has 1 aliphatic heterocycles. The van der Waals surface area contributed by atoms with E-state index in [1.807, 2.05) is 6.92 Å². The molecule has 1 aromatic rings. The first-order chi connectivity index (χ1) is 12.1. The van der Waals surface area contributed by atoms with Crippen LogP contribution in [-0.2, 0) is 21.3 Å². The molecule has 1 heterocycles. The molecule has 3 atom stereocenters. The van der Waals surface area contributed by atoms with Gasteiger partial charge in [-0.15, -0.1) is 0 Å². The van der Waals surface area contributed by atoms with Crippen molar-refractivity contribution in [2.45, 2.75) is 50.6 Å². The van der Waals surface area contributed by atoms with Crippen LogP contribution in [0.25, 0.3) is 0 Å². The average molecular weight is 373 g/mol. The Hall–Kier alpha value is -2.13. The molecule has 0 bridgehead atoms. The molecule has 1 saturated heterocycles. The molecule has 4 N–H and O–H groups in total. The quantitative estimate of drug-likeness (QED) is 0.625. The van der Waals surface area contributed by atoms with Gasteiger partial charge in [-0.25, -0.2) is 0 Å². The van der Waals surface area contributed by atoms with Gasteiger partial charge < -0.3 is 15.7 Å². The van der Waals surface area contributed by atoms with Gasteiger partial charge in [-0.1, -0.05) is 19.1 Å². The van der Waals surface area contributed by atoms with E-state index in [-0.39, 0.29) is 18.5 Å². The topological polar surface area (TPSA) is 90.5 Å². The number of halogens is 3. The van der Waals surface area contributed by atoms with Crippen LogP contribution >= 0.6 is 0 Å². The van der Waals surface area contributed by atoms with E-state index >= 15 is 0 Å². The van der Waals surface area contributed by atoms with E-state index < -0.39 is 35.8 Å². The van der Waals surface area contributed by atoms with Crippen LogP contribution in [0.2, 0.25) is 0 Å². The van der Waals surface area contributed by atoms with Crippen LogP contribution in [-0.4, -0.2) is 35.7 Å². The highest BCUT2D eigenvalue weighted by Crippen LogP contribution is 2.31. The van der Waals surface area contributed by atoms with Crippen LogP contribution in [0.15, 0.2) is 24.3 Å². The van der Waals surface area contributed by atoms with Gasteiger partial charge in [-0.2, -0.15) is 13.2 Å². The van der Waals surface area contributed by atoms with Gasteiger partial charge in [0.25, 0.3) is 0 Å². The highest BCUT2D eigenvalue weighted by Gasteiger charge is 2.36. The summed E-state index contributed by atoms with van der Waals surface area (Å²) in [6.45, 7) is 2.84. The summed E-state index contributed by atoms with van der Waals surface area (Å²) < 4.78 is 38.1. The molecule has 1 aromatic carbocycles. The van der Waals surface area contributed by atoms with Crippen molar-refractivity contribution in [2.75, 3.05) is 6.61 Å². The molecule has 26 heavy (non-hydrogen) atoms. The van der Waals surface area contributed by atoms with Crippen LogP contribution in [0.5, 0.6) is 0 Å². The average Bonchev–Trinajstić information content (AvgIpc) is 2.60. The number of hydrogen-bond donors (Lipinski definition) is 4. The Morgan fingerprint density at radius 1 is 1.27 bits per heavy atom. The molecule has 2 unspecified atom stereocenters. The van der Waals surface area contributed by atoms with Gasteiger partial charge >= 0.3 is 6.18 Å². The number of alkyl halides is 3. The molecule has 144 valence electrons. The molecule has 2 amide bonds. The fourth-order valence-electron chi connectivity index (χ4n) is 2.76. The van der Waals surface area contributed by atoms with Crippen molar-refractivity contribution in [1.82, 2.24) is 16.0 Å². The third-order valence-electron chi connectivity index (χ3n) is 4.42. The van der Waals surface area contributed by atoms with Crippen LogP contribution in [0.3, 0.4) is 0 Å². The minimum Gasteiger partial charge on any atom is -0.394 e. The predicted octanol–water partition coefficient (Wildman–Crippen LogP) is 1.24. The molecule has 0 spiro atoms. The Balaban J connectivity index is 2.16. The minimum atomic E-state index is -4.47. The Bertz CT molecular complexity index is 663. The van der Waals surface area contributed by atoms with Gasteiger partial charge in [0.2, 0.25) is 11.8 Å². The van der Waals surface area contributed by atoms with Crippen molar-refractivity contribution in [1.29, 1.82) is 0 Å². The van der Waals surface area contributed by atoms with Crippen molar-refractivity contribution >= 4 is 11.8 Å². The van der Waals surface area contributed by atoms with Gasteiger partial charge in [-0.05, 0) is 31.0 Å². The summed E-state index contributed by atoms with van der Waals surface area (Å²) in [6, 6.07) is 3.45. The summed E-state index contributed by atoms with van der Waals surface area (Å²) >= 11 is 0. The standard InChI is InChI=1S/C17H22F3N3O3/c1-3-13-21-12(8-14(25)22-13)15(26)23-16(2,9-24)10-4-6-11(7-5-10)17(18,19)20/h4-7,12-13,21,24H,3,8-9H2,1-2H3,(H,22,25)(H,23,26)/t12?,13?,16-/m1/s1. The summed E-state index contributed by atoms with van der Waals surface area (Å²) in [6.07, 6.45) is -4.27. The zero-order valence-corrected chi connectivity index (χ0v) is 14.5. The van der Waals surface area contributed by atoms with Gasteiger partial charge in [0.15, 0.2) is 0 Å². The van der Waals surface area contributed by atoms with Crippen LogP contribution < -0.4 is 16.0 Å². The second-order valence-corrected chi connectivity index (χ2v) is 6.51. The number of nitrogens with one attached hydrogen (secondary N) is 3. The first-order valence-corrected chi connectivity index (χ1v) is 8.25. The third kappa shape index (κ3) is 4.53. The maximum Gasteiger partial charge on any atom is 0.416 e. The Morgan fingerprint density at radius 3 is 2.35 bits per heavy atom. The van der Waals surface area contributed by atoms with E-state index in [0.717, 1.165) is 12.1 Å². The number of carbonyl (C=O) groups excluding carboxylic acids is 2. The zero-order chi connectivity index (χ0) is 19.5. The molecule has 0 radical (unpaired) electrons. The Kier molecular flexibility index (Phi) is 5.92. The SMILES string of the molecule is CCC1NC(=O)CC(C(=O)N[C@](C)(CO)c2ccc(C(F)(F)F)cc2)N1. The van der Waals surface area contributed by atoms with E-state index in [4.69, 9.17) is 0 Å².